The highest BCUT2D eigenvalue weighted by molar-refractivity contribution is 7.20. The van der Waals surface area contributed by atoms with Crippen molar-refractivity contribution in [1.82, 2.24) is 4.90 Å². The van der Waals surface area contributed by atoms with Crippen LogP contribution in [0.25, 0.3) is 10.1 Å². The fourth-order valence-electron chi connectivity index (χ4n) is 2.86. The Morgan fingerprint density at radius 3 is 2.90 bits per heavy atom. The molecule has 114 valence electrons. The third-order valence-electron chi connectivity index (χ3n) is 3.94. The van der Waals surface area contributed by atoms with E-state index in [-0.39, 0.29) is 30.2 Å². The highest BCUT2D eigenvalue weighted by Gasteiger charge is 2.32. The fraction of sp³-hybridized carbons (Fsp3) is 0.400. The molecule has 1 fully saturated rings. The molecule has 2 atom stereocenters. The number of carbonyl (C=O) groups excluding carboxylic acids is 1. The summed E-state index contributed by atoms with van der Waals surface area (Å²) in [6, 6.07) is 6.63. The summed E-state index contributed by atoms with van der Waals surface area (Å²) < 4.78 is 14.1. The van der Waals surface area contributed by atoms with Crippen molar-refractivity contribution in [3.8, 4) is 0 Å². The van der Waals surface area contributed by atoms with Gasteiger partial charge >= 0.3 is 0 Å². The minimum Gasteiger partial charge on any atom is -0.335 e. The molecule has 1 aromatic heterocycles. The Balaban J connectivity index is 0.00000161. The van der Waals surface area contributed by atoms with Crippen molar-refractivity contribution in [2.75, 3.05) is 13.1 Å². The van der Waals surface area contributed by atoms with Gasteiger partial charge < -0.3 is 10.6 Å². The summed E-state index contributed by atoms with van der Waals surface area (Å²) >= 11 is 1.42. The third kappa shape index (κ3) is 3.05. The number of hydrogen-bond donors (Lipinski definition) is 1. The highest BCUT2D eigenvalue weighted by atomic mass is 35.5. The Morgan fingerprint density at radius 1 is 1.48 bits per heavy atom. The number of hydrogen-bond acceptors (Lipinski definition) is 3. The molecule has 3 rings (SSSR count). The topological polar surface area (TPSA) is 46.3 Å². The van der Waals surface area contributed by atoms with Crippen LogP contribution in [0.4, 0.5) is 4.39 Å². The largest absolute Gasteiger partial charge is 0.335 e. The number of halogens is 2. The second-order valence-electron chi connectivity index (χ2n) is 5.44. The number of nitrogens with zero attached hydrogens (tertiary/aromatic N) is 1. The first-order valence-corrected chi connectivity index (χ1v) is 7.60. The Kier molecular flexibility index (Phi) is 4.86. The molecule has 0 bridgehead atoms. The first-order chi connectivity index (χ1) is 9.58. The number of fused-ring (bicyclic) bond motifs is 1. The quantitative estimate of drug-likeness (QED) is 0.919. The molecule has 0 radical (unpaired) electrons. The number of nitrogens with two attached hydrogens (primary N) is 1. The van der Waals surface area contributed by atoms with Gasteiger partial charge in [-0.25, -0.2) is 4.39 Å². The fourth-order valence-corrected chi connectivity index (χ4v) is 3.86. The predicted molar refractivity (Wildman–Crippen MR) is 86.7 cm³/mol. The Hall–Kier alpha value is -1.17. The average Bonchev–Trinajstić information content (AvgIpc) is 3.00. The van der Waals surface area contributed by atoms with Crippen LogP contribution < -0.4 is 5.73 Å². The van der Waals surface area contributed by atoms with E-state index in [0.717, 1.165) is 23.1 Å². The van der Waals surface area contributed by atoms with Crippen LogP contribution in [0.5, 0.6) is 0 Å². The summed E-state index contributed by atoms with van der Waals surface area (Å²) in [6.07, 6.45) is 0.960. The second kappa shape index (κ2) is 6.30. The SMILES string of the molecule is CC1CC(CN)CN1C(=O)c1cc2cc(F)ccc2s1.Cl. The minimum absolute atomic E-state index is 0. The zero-order chi connectivity index (χ0) is 14.3. The van der Waals surface area contributed by atoms with Gasteiger partial charge in [-0.15, -0.1) is 23.7 Å². The standard InChI is InChI=1S/C15H17FN2OS.ClH/c1-9-4-10(7-17)8-18(9)15(19)14-6-11-5-12(16)2-3-13(11)20-14;/h2-3,5-6,9-10H,4,7-8,17H2,1H3;1H. The summed E-state index contributed by atoms with van der Waals surface area (Å²) in [7, 11) is 0. The number of thiophene rings is 1. The van der Waals surface area contributed by atoms with Crippen molar-refractivity contribution in [2.24, 2.45) is 11.7 Å². The summed E-state index contributed by atoms with van der Waals surface area (Å²) in [5.74, 6) is 0.155. The van der Waals surface area contributed by atoms with Crippen molar-refractivity contribution in [1.29, 1.82) is 0 Å². The van der Waals surface area contributed by atoms with Gasteiger partial charge in [-0.05, 0) is 55.5 Å². The molecule has 1 aromatic carbocycles. The Labute approximate surface area is 133 Å². The molecule has 3 nitrogen and oxygen atoms in total. The summed E-state index contributed by atoms with van der Waals surface area (Å²) in [4.78, 5) is 15.1. The van der Waals surface area contributed by atoms with Crippen LogP contribution in [-0.4, -0.2) is 29.9 Å². The molecule has 1 aliphatic rings. The molecular weight excluding hydrogens is 311 g/mol. The van der Waals surface area contributed by atoms with Crippen molar-refractivity contribution >= 4 is 39.7 Å². The van der Waals surface area contributed by atoms with E-state index in [9.17, 15) is 9.18 Å². The lowest BCUT2D eigenvalue weighted by atomic mass is 10.1. The third-order valence-corrected chi connectivity index (χ3v) is 5.05. The first-order valence-electron chi connectivity index (χ1n) is 6.78. The van der Waals surface area contributed by atoms with E-state index in [1.807, 2.05) is 4.90 Å². The van der Waals surface area contributed by atoms with E-state index in [1.54, 1.807) is 12.1 Å². The van der Waals surface area contributed by atoms with Crippen LogP contribution in [0.15, 0.2) is 24.3 Å². The highest BCUT2D eigenvalue weighted by Crippen LogP contribution is 2.30. The van der Waals surface area contributed by atoms with E-state index >= 15 is 0 Å². The molecule has 0 saturated carbocycles. The molecule has 1 amide bonds. The summed E-state index contributed by atoms with van der Waals surface area (Å²) in [5.41, 5.74) is 5.70. The minimum atomic E-state index is -0.271. The number of carbonyl (C=O) groups is 1. The monoisotopic (exact) mass is 328 g/mol. The molecule has 2 heterocycles. The van der Waals surface area contributed by atoms with Crippen molar-refractivity contribution < 1.29 is 9.18 Å². The molecule has 1 saturated heterocycles. The number of benzene rings is 1. The van der Waals surface area contributed by atoms with Crippen LogP contribution in [0.3, 0.4) is 0 Å². The molecule has 2 unspecified atom stereocenters. The van der Waals surface area contributed by atoms with Crippen LogP contribution in [0.2, 0.25) is 0 Å². The lowest BCUT2D eigenvalue weighted by Crippen LogP contribution is -2.33. The molecular formula is C15H18ClFN2OS. The van der Waals surface area contributed by atoms with Crippen molar-refractivity contribution in [3.63, 3.8) is 0 Å². The van der Waals surface area contributed by atoms with E-state index < -0.39 is 0 Å². The van der Waals surface area contributed by atoms with Crippen LogP contribution in [-0.2, 0) is 0 Å². The van der Waals surface area contributed by atoms with Crippen LogP contribution in [0.1, 0.15) is 23.0 Å². The molecule has 2 aromatic rings. The molecule has 21 heavy (non-hydrogen) atoms. The molecule has 2 N–H and O–H groups in total. The van der Waals surface area contributed by atoms with Gasteiger partial charge in [0.15, 0.2) is 0 Å². The van der Waals surface area contributed by atoms with E-state index in [2.05, 4.69) is 6.92 Å². The van der Waals surface area contributed by atoms with Gasteiger partial charge in [-0.3, -0.25) is 4.79 Å². The number of likely N-dealkylation sites (tertiary alicyclic amines) is 1. The van der Waals surface area contributed by atoms with Gasteiger partial charge in [-0.2, -0.15) is 0 Å². The summed E-state index contributed by atoms with van der Waals surface area (Å²) in [6.45, 7) is 3.39. The predicted octanol–water partition coefficient (Wildman–Crippen LogP) is 3.27. The number of rotatable bonds is 2. The van der Waals surface area contributed by atoms with E-state index in [0.29, 0.717) is 17.3 Å². The van der Waals surface area contributed by atoms with E-state index in [4.69, 9.17) is 5.73 Å². The molecule has 0 spiro atoms. The average molecular weight is 329 g/mol. The van der Waals surface area contributed by atoms with Crippen molar-refractivity contribution in [3.05, 3.63) is 35.0 Å². The lowest BCUT2D eigenvalue weighted by Gasteiger charge is -2.20. The van der Waals surface area contributed by atoms with Crippen LogP contribution in [0, 0.1) is 11.7 Å². The first kappa shape index (κ1) is 16.2. The van der Waals surface area contributed by atoms with Gasteiger partial charge in [0.1, 0.15) is 5.82 Å². The smallest absolute Gasteiger partial charge is 0.264 e. The molecule has 0 aliphatic carbocycles. The maximum absolute atomic E-state index is 13.2. The lowest BCUT2D eigenvalue weighted by molar-refractivity contribution is 0.0748. The van der Waals surface area contributed by atoms with Gasteiger partial charge in [0.05, 0.1) is 4.88 Å². The van der Waals surface area contributed by atoms with Gasteiger partial charge in [0.25, 0.3) is 5.91 Å². The normalized spacial score (nSPS) is 21.6. The van der Waals surface area contributed by atoms with Crippen LogP contribution >= 0.6 is 23.7 Å². The van der Waals surface area contributed by atoms with Crippen molar-refractivity contribution in [2.45, 2.75) is 19.4 Å². The Bertz CT molecular complexity index is 660. The van der Waals surface area contributed by atoms with Gasteiger partial charge in [-0.1, -0.05) is 0 Å². The van der Waals surface area contributed by atoms with Gasteiger partial charge in [0, 0.05) is 17.3 Å². The molecule has 6 heteroatoms. The van der Waals surface area contributed by atoms with Gasteiger partial charge in [0.2, 0.25) is 0 Å². The zero-order valence-electron chi connectivity index (χ0n) is 11.7. The number of amides is 1. The zero-order valence-corrected chi connectivity index (χ0v) is 13.3. The summed E-state index contributed by atoms with van der Waals surface area (Å²) in [5, 5.41) is 0.792. The van der Waals surface area contributed by atoms with E-state index in [1.165, 1.54) is 23.5 Å². The maximum atomic E-state index is 13.2. The second-order valence-corrected chi connectivity index (χ2v) is 6.52. The maximum Gasteiger partial charge on any atom is 0.264 e. The molecule has 1 aliphatic heterocycles. The Morgan fingerprint density at radius 2 is 2.24 bits per heavy atom.